The zero-order valence-electron chi connectivity index (χ0n) is 31.2. The number of carbonyl (C=O) groups excluding carboxylic acids is 1. The molecule has 2 unspecified atom stereocenters. The number of unbranched alkanes of at least 4 members (excludes halogenated alkanes) is 5. The molecule has 8 heteroatoms. The molecule has 0 saturated carbocycles. The third-order valence-electron chi connectivity index (χ3n) is 9.69. The molecule has 8 nitrogen and oxygen atoms in total. The lowest BCUT2D eigenvalue weighted by Gasteiger charge is -2.37. The van der Waals surface area contributed by atoms with Gasteiger partial charge in [-0.2, -0.15) is 0 Å². The van der Waals surface area contributed by atoms with Crippen LogP contribution < -0.4 is 4.74 Å². The largest absolute Gasteiger partial charge is 0.494 e. The van der Waals surface area contributed by atoms with Crippen molar-refractivity contribution in [2.24, 2.45) is 5.92 Å². The number of carbonyl (C=O) groups is 1. The van der Waals surface area contributed by atoms with Gasteiger partial charge in [-0.05, 0) is 107 Å². The quantitative estimate of drug-likeness (QED) is 0.0374. The molecule has 0 bridgehead atoms. The zero-order valence-corrected chi connectivity index (χ0v) is 31.2. The van der Waals surface area contributed by atoms with Crippen LogP contribution in [0.25, 0.3) is 10.9 Å². The lowest BCUT2D eigenvalue weighted by molar-refractivity contribution is -0.384. The summed E-state index contributed by atoms with van der Waals surface area (Å²) >= 11 is 0. The highest BCUT2D eigenvalue weighted by Gasteiger charge is 2.32. The van der Waals surface area contributed by atoms with Gasteiger partial charge in [0.25, 0.3) is 5.69 Å². The van der Waals surface area contributed by atoms with Crippen LogP contribution in [-0.4, -0.2) is 64.8 Å². The van der Waals surface area contributed by atoms with Gasteiger partial charge in [-0.1, -0.05) is 73.1 Å². The minimum atomic E-state index is -0.339. The number of rotatable bonds is 27. The Morgan fingerprint density at radius 1 is 0.776 bits per heavy atom. The van der Waals surface area contributed by atoms with Crippen molar-refractivity contribution in [2.45, 2.75) is 124 Å². The number of hydrogen-bond donors (Lipinski definition) is 1. The number of nitrogens with zero attached hydrogens (tertiary/aromatic N) is 3. The van der Waals surface area contributed by atoms with E-state index in [2.05, 4.69) is 55.5 Å². The Bertz CT molecular complexity index is 1360. The fourth-order valence-corrected chi connectivity index (χ4v) is 6.78. The van der Waals surface area contributed by atoms with E-state index in [0.717, 1.165) is 112 Å². The summed E-state index contributed by atoms with van der Waals surface area (Å²) in [4.78, 5) is 33.9. The van der Waals surface area contributed by atoms with E-state index in [-0.39, 0.29) is 28.4 Å². The van der Waals surface area contributed by atoms with Gasteiger partial charge in [0.1, 0.15) is 5.75 Å². The Kier molecular flexibility index (Phi) is 18.4. The van der Waals surface area contributed by atoms with Crippen molar-refractivity contribution in [3.05, 3.63) is 69.9 Å². The zero-order chi connectivity index (χ0) is 35.4. The van der Waals surface area contributed by atoms with Crippen LogP contribution in [0.2, 0.25) is 0 Å². The molecule has 3 aromatic rings. The first kappa shape index (κ1) is 40.2. The number of nitrogens with one attached hydrogen (secondary N) is 1. The van der Waals surface area contributed by atoms with E-state index in [1.165, 1.54) is 25.7 Å². The maximum Gasteiger partial charge on any atom is 0.270 e. The smallest absolute Gasteiger partial charge is 0.270 e. The van der Waals surface area contributed by atoms with E-state index >= 15 is 0 Å². The number of nitro groups is 1. The number of aromatic nitrogens is 1. The van der Waals surface area contributed by atoms with E-state index in [0.29, 0.717) is 13.0 Å². The molecule has 1 aromatic heterocycles. The van der Waals surface area contributed by atoms with Gasteiger partial charge in [0, 0.05) is 47.3 Å². The molecule has 3 rings (SSSR count). The van der Waals surface area contributed by atoms with Gasteiger partial charge >= 0.3 is 0 Å². The topological polar surface area (TPSA) is 91.7 Å². The number of non-ortho nitro benzene ring substituents is 1. The van der Waals surface area contributed by atoms with Crippen LogP contribution in [0.4, 0.5) is 5.69 Å². The van der Waals surface area contributed by atoms with Gasteiger partial charge in [0.05, 0.1) is 17.6 Å². The molecule has 49 heavy (non-hydrogen) atoms. The van der Waals surface area contributed by atoms with E-state index < -0.39 is 0 Å². The summed E-state index contributed by atoms with van der Waals surface area (Å²) in [6.45, 7) is 17.1. The molecular weight excluding hydrogens is 612 g/mol. The van der Waals surface area contributed by atoms with Crippen LogP contribution in [0, 0.1) is 16.0 Å². The molecular formula is C41H64N4O4. The normalized spacial score (nSPS) is 13.0. The Hall–Kier alpha value is -3.23. The van der Waals surface area contributed by atoms with Gasteiger partial charge < -0.3 is 14.6 Å². The van der Waals surface area contributed by atoms with E-state index in [4.69, 9.17) is 4.74 Å². The molecule has 1 N–H and O–H groups in total. The highest BCUT2D eigenvalue weighted by atomic mass is 16.6. The average Bonchev–Trinajstić information content (AvgIpc) is 3.53. The number of fused-ring (bicyclic) bond motifs is 1. The second-order valence-corrected chi connectivity index (χ2v) is 13.7. The van der Waals surface area contributed by atoms with Crippen molar-refractivity contribution >= 4 is 22.4 Å². The first-order valence-electron chi connectivity index (χ1n) is 19.3. The summed E-state index contributed by atoms with van der Waals surface area (Å²) in [6.07, 6.45) is 13.7. The Morgan fingerprint density at radius 2 is 1.37 bits per heavy atom. The molecule has 1 heterocycles. The Labute approximate surface area is 296 Å². The standard InChI is InChI=1S/C41H64N4O4/c1-6-11-17-34(32-40(46)33-18-21-37(22-19-33)49-29-16-26-43(24-12-7-2)25-13-8-3)41(44(27-14-9-4)28-15-10-5)39-31-35-30-36(45(47)48)20-23-38(35)42-39/h18-23,30-31,34,41-42H,6-17,24-29,32H2,1-5H3. The predicted molar refractivity (Wildman–Crippen MR) is 204 cm³/mol. The second-order valence-electron chi connectivity index (χ2n) is 13.7. The van der Waals surface area contributed by atoms with Crippen molar-refractivity contribution in [3.63, 3.8) is 0 Å². The van der Waals surface area contributed by atoms with E-state index in [1.54, 1.807) is 18.2 Å². The Morgan fingerprint density at radius 3 is 1.96 bits per heavy atom. The summed E-state index contributed by atoms with van der Waals surface area (Å²) < 4.78 is 6.10. The molecule has 0 radical (unpaired) electrons. The molecule has 0 amide bonds. The number of aromatic amines is 1. The third-order valence-corrected chi connectivity index (χ3v) is 9.69. The van der Waals surface area contributed by atoms with E-state index in [1.807, 2.05) is 24.3 Å². The second kappa shape index (κ2) is 22.5. The van der Waals surface area contributed by atoms with Crippen LogP contribution in [-0.2, 0) is 0 Å². The fourth-order valence-electron chi connectivity index (χ4n) is 6.78. The molecule has 0 fully saturated rings. The summed E-state index contributed by atoms with van der Waals surface area (Å²) in [5.74, 6) is 1.06. The number of H-pyrrole nitrogens is 1. The van der Waals surface area contributed by atoms with Crippen LogP contribution in [0.3, 0.4) is 0 Å². The highest BCUT2D eigenvalue weighted by molar-refractivity contribution is 5.96. The fraction of sp³-hybridized carbons (Fsp3) is 0.634. The van der Waals surface area contributed by atoms with Gasteiger partial charge in [-0.25, -0.2) is 0 Å². The van der Waals surface area contributed by atoms with Crippen LogP contribution >= 0.6 is 0 Å². The minimum absolute atomic E-state index is 0.0110. The van der Waals surface area contributed by atoms with Gasteiger partial charge in [0.2, 0.25) is 0 Å². The van der Waals surface area contributed by atoms with Crippen LogP contribution in [0.1, 0.15) is 140 Å². The predicted octanol–water partition coefficient (Wildman–Crippen LogP) is 10.8. The van der Waals surface area contributed by atoms with Gasteiger partial charge in [-0.15, -0.1) is 0 Å². The van der Waals surface area contributed by atoms with Gasteiger partial charge in [0.15, 0.2) is 5.78 Å². The maximum atomic E-state index is 14.0. The summed E-state index contributed by atoms with van der Waals surface area (Å²) in [7, 11) is 0. The summed E-state index contributed by atoms with van der Waals surface area (Å²) in [6, 6.07) is 14.8. The average molecular weight is 677 g/mol. The van der Waals surface area contributed by atoms with Crippen LogP contribution in [0.5, 0.6) is 5.75 Å². The lowest BCUT2D eigenvalue weighted by atomic mass is 9.84. The molecule has 2 aromatic carbocycles. The van der Waals surface area contributed by atoms with Crippen molar-refractivity contribution in [2.75, 3.05) is 39.3 Å². The number of ketones is 1. The third kappa shape index (κ3) is 13.2. The molecule has 0 aliphatic heterocycles. The maximum absolute atomic E-state index is 14.0. The molecule has 0 spiro atoms. The Balaban J connectivity index is 1.79. The molecule has 0 aliphatic rings. The van der Waals surface area contributed by atoms with Crippen molar-refractivity contribution in [1.29, 1.82) is 0 Å². The number of ether oxygens (including phenoxy) is 1. The van der Waals surface area contributed by atoms with Gasteiger partial charge in [-0.3, -0.25) is 19.8 Å². The highest BCUT2D eigenvalue weighted by Crippen LogP contribution is 2.37. The minimum Gasteiger partial charge on any atom is -0.494 e. The monoisotopic (exact) mass is 676 g/mol. The summed E-state index contributed by atoms with van der Waals surface area (Å²) in [5.41, 5.74) is 2.75. The number of Topliss-reactive ketones (excluding diaryl/α,β-unsaturated/α-hetero) is 1. The number of hydrogen-bond acceptors (Lipinski definition) is 6. The SMILES string of the molecule is CCCCC(CC(=O)c1ccc(OCCCN(CCCC)CCCC)cc1)C(c1cc2cc([N+](=O)[O-])ccc2[nH]1)N(CCCC)CCCC. The molecule has 272 valence electrons. The van der Waals surface area contributed by atoms with Crippen molar-refractivity contribution < 1.29 is 14.5 Å². The number of benzene rings is 2. The number of nitro benzene ring substituents is 1. The lowest BCUT2D eigenvalue weighted by Crippen LogP contribution is -2.36. The van der Waals surface area contributed by atoms with E-state index in [9.17, 15) is 14.9 Å². The first-order valence-corrected chi connectivity index (χ1v) is 19.3. The first-order chi connectivity index (χ1) is 23.8. The molecule has 0 aliphatic carbocycles. The van der Waals surface area contributed by atoms with Crippen LogP contribution in [0.15, 0.2) is 48.5 Å². The van der Waals surface area contributed by atoms with Crippen molar-refractivity contribution in [1.82, 2.24) is 14.8 Å². The molecule has 2 atom stereocenters. The summed E-state index contributed by atoms with van der Waals surface area (Å²) in [5, 5.41) is 12.4. The molecule has 0 saturated heterocycles. The van der Waals surface area contributed by atoms with Crippen molar-refractivity contribution in [3.8, 4) is 5.75 Å².